The number of carbonyl (C=O) groups excluding carboxylic acids is 3. The Morgan fingerprint density at radius 1 is 0.951 bits per heavy atom. The van der Waals surface area contributed by atoms with Crippen molar-refractivity contribution in [2.45, 2.75) is 81.7 Å². The molecule has 1 aliphatic rings. The minimum Gasteiger partial charge on any atom is -0.350 e. The fourth-order valence-electron chi connectivity index (χ4n) is 5.19. The largest absolute Gasteiger partial charge is 0.350 e. The Hall–Kier alpha value is -2.99. The molecule has 0 unspecified atom stereocenters. The van der Waals surface area contributed by atoms with Crippen LogP contribution in [0.5, 0.6) is 0 Å². The molecule has 0 spiro atoms. The lowest BCUT2D eigenvalue weighted by molar-refractivity contribution is -0.136. The zero-order chi connectivity index (χ0) is 29.8. The maximum Gasteiger partial charge on any atom is 0.244 e. The molecule has 3 rings (SSSR count). The number of nitrogens with two attached hydrogens (primary N) is 1. The molecule has 6 N–H and O–H groups in total. The van der Waals surface area contributed by atoms with Crippen LogP contribution in [0.4, 0.5) is 0 Å². The van der Waals surface area contributed by atoms with E-state index in [0.29, 0.717) is 36.3 Å². The SMILES string of the molecule is NS(=O)(=O)c1ccc(CNC(=O)[C@H](CC2CCCCC2)NC(=O)[C@@H](CCCc2ccc(Cl)cc2)CC(=O)NO)cc1. The van der Waals surface area contributed by atoms with Gasteiger partial charge in [0.1, 0.15) is 6.04 Å². The zero-order valence-electron chi connectivity index (χ0n) is 23.0. The van der Waals surface area contributed by atoms with Crippen LogP contribution in [-0.2, 0) is 37.4 Å². The Bertz CT molecular complexity index is 1270. The standard InChI is InChI=1S/C29H39ClN4O6S/c30-24-13-9-20(10-14-24)7-4-8-23(18-27(35)34-38)28(36)33-26(17-21-5-2-1-3-6-21)29(37)32-19-22-11-15-25(16-12-22)41(31,39)40/h9-16,21,23,26,38H,1-8,17-19H2,(H,32,37)(H,33,36)(H,34,35)(H2,31,39,40)/t23-,26-/m0/s1. The highest BCUT2D eigenvalue weighted by atomic mass is 35.5. The predicted molar refractivity (Wildman–Crippen MR) is 155 cm³/mol. The second kappa shape index (κ2) is 15.9. The van der Waals surface area contributed by atoms with E-state index < -0.39 is 33.8 Å². The van der Waals surface area contributed by atoms with Crippen LogP contribution in [0.3, 0.4) is 0 Å². The molecule has 224 valence electrons. The van der Waals surface area contributed by atoms with Crippen molar-refractivity contribution in [3.05, 3.63) is 64.7 Å². The van der Waals surface area contributed by atoms with Gasteiger partial charge in [-0.2, -0.15) is 0 Å². The second-order valence-electron chi connectivity index (χ2n) is 10.7. The number of primary sulfonamides is 1. The molecule has 2 aromatic rings. The monoisotopic (exact) mass is 606 g/mol. The van der Waals surface area contributed by atoms with E-state index in [1.54, 1.807) is 29.7 Å². The molecule has 0 heterocycles. The number of aryl methyl sites for hydroxylation is 1. The summed E-state index contributed by atoms with van der Waals surface area (Å²) in [5.41, 5.74) is 3.32. The smallest absolute Gasteiger partial charge is 0.244 e. The van der Waals surface area contributed by atoms with Crippen molar-refractivity contribution in [3.8, 4) is 0 Å². The number of rotatable bonds is 14. The Kier molecular flexibility index (Phi) is 12.6. The van der Waals surface area contributed by atoms with Crippen molar-refractivity contribution in [2.75, 3.05) is 0 Å². The van der Waals surface area contributed by atoms with E-state index in [2.05, 4.69) is 10.6 Å². The van der Waals surface area contributed by atoms with Crippen molar-refractivity contribution in [3.63, 3.8) is 0 Å². The summed E-state index contributed by atoms with van der Waals surface area (Å²) in [5, 5.41) is 20.6. The van der Waals surface area contributed by atoms with E-state index in [1.807, 2.05) is 12.1 Å². The molecule has 0 saturated heterocycles. The summed E-state index contributed by atoms with van der Waals surface area (Å²) in [7, 11) is -3.82. The number of sulfonamides is 1. The maximum absolute atomic E-state index is 13.4. The lowest BCUT2D eigenvalue weighted by Crippen LogP contribution is -2.49. The van der Waals surface area contributed by atoms with Gasteiger partial charge in [-0.25, -0.2) is 19.0 Å². The van der Waals surface area contributed by atoms with E-state index in [9.17, 15) is 22.8 Å². The molecular formula is C29H39ClN4O6S. The molecular weight excluding hydrogens is 568 g/mol. The number of hydrogen-bond donors (Lipinski definition) is 5. The lowest BCUT2D eigenvalue weighted by Gasteiger charge is -2.28. The molecule has 1 fully saturated rings. The van der Waals surface area contributed by atoms with Gasteiger partial charge in [0.15, 0.2) is 0 Å². The number of amides is 3. The van der Waals surface area contributed by atoms with Gasteiger partial charge in [-0.3, -0.25) is 19.6 Å². The van der Waals surface area contributed by atoms with Crippen molar-refractivity contribution < 1.29 is 28.0 Å². The van der Waals surface area contributed by atoms with Gasteiger partial charge in [-0.1, -0.05) is 68.0 Å². The third kappa shape index (κ3) is 11.1. The van der Waals surface area contributed by atoms with Gasteiger partial charge >= 0.3 is 0 Å². The highest BCUT2D eigenvalue weighted by molar-refractivity contribution is 7.89. The highest BCUT2D eigenvalue weighted by Gasteiger charge is 2.29. The second-order valence-corrected chi connectivity index (χ2v) is 12.7. The van der Waals surface area contributed by atoms with Crippen molar-refractivity contribution in [1.29, 1.82) is 0 Å². The molecule has 2 aromatic carbocycles. The predicted octanol–water partition coefficient (Wildman–Crippen LogP) is 3.59. The summed E-state index contributed by atoms with van der Waals surface area (Å²) in [4.78, 5) is 38.7. The van der Waals surface area contributed by atoms with Crippen LogP contribution in [0.25, 0.3) is 0 Å². The third-order valence-electron chi connectivity index (χ3n) is 7.50. The maximum atomic E-state index is 13.4. The number of benzene rings is 2. The minimum atomic E-state index is -3.82. The molecule has 0 aliphatic heterocycles. The van der Waals surface area contributed by atoms with E-state index in [-0.39, 0.29) is 29.7 Å². The van der Waals surface area contributed by atoms with Gasteiger partial charge < -0.3 is 10.6 Å². The van der Waals surface area contributed by atoms with Crippen LogP contribution in [0.1, 0.15) is 68.9 Å². The first-order chi connectivity index (χ1) is 19.5. The number of halogens is 1. The first-order valence-electron chi connectivity index (χ1n) is 13.9. The summed E-state index contributed by atoms with van der Waals surface area (Å²) >= 11 is 5.95. The average molecular weight is 607 g/mol. The Balaban J connectivity index is 1.66. The number of carbonyl (C=O) groups is 3. The van der Waals surface area contributed by atoms with Crippen molar-refractivity contribution >= 4 is 39.3 Å². The highest BCUT2D eigenvalue weighted by Crippen LogP contribution is 2.28. The average Bonchev–Trinajstić information content (AvgIpc) is 2.96. The van der Waals surface area contributed by atoms with Crippen LogP contribution < -0.4 is 21.3 Å². The summed E-state index contributed by atoms with van der Waals surface area (Å²) in [5.74, 6) is -1.89. The fourth-order valence-corrected chi connectivity index (χ4v) is 5.83. The van der Waals surface area contributed by atoms with Crippen LogP contribution in [-0.4, -0.2) is 37.4 Å². The molecule has 1 aliphatic carbocycles. The van der Waals surface area contributed by atoms with Gasteiger partial charge in [-0.15, -0.1) is 0 Å². The van der Waals surface area contributed by atoms with Crippen molar-refractivity contribution in [1.82, 2.24) is 16.1 Å². The first kappa shape index (κ1) is 32.5. The summed E-state index contributed by atoms with van der Waals surface area (Å²) < 4.78 is 23.0. The van der Waals surface area contributed by atoms with E-state index in [0.717, 1.165) is 37.7 Å². The van der Waals surface area contributed by atoms with Gasteiger partial charge in [-0.05, 0) is 67.0 Å². The Labute approximate surface area is 246 Å². The van der Waals surface area contributed by atoms with Gasteiger partial charge in [0.25, 0.3) is 0 Å². The molecule has 0 aromatic heterocycles. The zero-order valence-corrected chi connectivity index (χ0v) is 24.6. The Morgan fingerprint density at radius 2 is 1.59 bits per heavy atom. The van der Waals surface area contributed by atoms with Gasteiger partial charge in [0.2, 0.25) is 27.7 Å². The lowest BCUT2D eigenvalue weighted by atomic mass is 9.84. The van der Waals surface area contributed by atoms with E-state index in [1.165, 1.54) is 12.1 Å². The molecule has 0 radical (unpaired) electrons. The molecule has 3 amide bonds. The quantitative estimate of drug-likeness (QED) is 0.163. The van der Waals surface area contributed by atoms with Crippen molar-refractivity contribution in [2.24, 2.45) is 17.0 Å². The third-order valence-corrected chi connectivity index (χ3v) is 8.69. The summed E-state index contributed by atoms with van der Waals surface area (Å²) in [6, 6.07) is 12.5. The Morgan fingerprint density at radius 3 is 2.20 bits per heavy atom. The number of nitrogens with one attached hydrogen (secondary N) is 3. The van der Waals surface area contributed by atoms with Crippen LogP contribution >= 0.6 is 11.6 Å². The van der Waals surface area contributed by atoms with Gasteiger partial charge in [0.05, 0.1) is 4.90 Å². The molecule has 41 heavy (non-hydrogen) atoms. The van der Waals surface area contributed by atoms with E-state index >= 15 is 0 Å². The van der Waals surface area contributed by atoms with Crippen LogP contribution in [0.2, 0.25) is 5.02 Å². The number of hydroxylamine groups is 1. The topological polar surface area (TPSA) is 168 Å². The first-order valence-corrected chi connectivity index (χ1v) is 15.8. The molecule has 0 bridgehead atoms. The number of hydrogen-bond acceptors (Lipinski definition) is 6. The summed E-state index contributed by atoms with van der Waals surface area (Å²) in [6.07, 6.45) is 7.21. The molecule has 12 heteroatoms. The van der Waals surface area contributed by atoms with Crippen LogP contribution in [0.15, 0.2) is 53.4 Å². The fraction of sp³-hybridized carbons (Fsp3) is 0.483. The van der Waals surface area contributed by atoms with Crippen LogP contribution in [0, 0.1) is 11.8 Å². The van der Waals surface area contributed by atoms with Gasteiger partial charge in [0, 0.05) is 23.9 Å². The molecule has 10 nitrogen and oxygen atoms in total. The minimum absolute atomic E-state index is 0.0240. The molecule has 1 saturated carbocycles. The molecule has 2 atom stereocenters. The normalized spacial score (nSPS) is 15.5. The summed E-state index contributed by atoms with van der Waals surface area (Å²) in [6.45, 7) is 0.137. The van der Waals surface area contributed by atoms with E-state index in [4.69, 9.17) is 21.9 Å².